The minimum absolute atomic E-state index is 0.722. The second-order valence-corrected chi connectivity index (χ2v) is 9.96. The molecular weight excluding hydrogens is 386 g/mol. The highest BCUT2D eigenvalue weighted by Crippen LogP contribution is 2.42. The summed E-state index contributed by atoms with van der Waals surface area (Å²) in [5, 5.41) is 2.40. The van der Waals surface area contributed by atoms with Crippen LogP contribution in [-0.2, 0) is 0 Å². The molecule has 0 unspecified atom stereocenters. The number of hydrogen-bond acceptors (Lipinski definition) is 3. The Hall–Kier alpha value is -1.18. The maximum absolute atomic E-state index is 6.05. The van der Waals surface area contributed by atoms with Gasteiger partial charge in [-0.3, -0.25) is 0 Å². The molecule has 30 heavy (non-hydrogen) atoms. The van der Waals surface area contributed by atoms with Gasteiger partial charge in [0.1, 0.15) is 5.75 Å². The molecule has 0 aromatic heterocycles. The van der Waals surface area contributed by atoms with E-state index in [1.54, 1.807) is 0 Å². The van der Waals surface area contributed by atoms with Crippen molar-refractivity contribution in [3.05, 3.63) is 24.3 Å². The highest BCUT2D eigenvalue weighted by Gasteiger charge is 2.30. The van der Waals surface area contributed by atoms with Crippen molar-refractivity contribution in [2.75, 3.05) is 6.61 Å². The van der Waals surface area contributed by atoms with Crippen LogP contribution in [-0.4, -0.2) is 11.8 Å². The summed E-state index contributed by atoms with van der Waals surface area (Å²) in [6.07, 6.45) is 20.2. The van der Waals surface area contributed by atoms with Crippen molar-refractivity contribution >= 4 is 23.1 Å². The molecule has 2 saturated carbocycles. The number of nitrogens with zero attached hydrogens (tertiary/aromatic N) is 1. The third-order valence-corrected chi connectivity index (χ3v) is 7.75. The highest BCUT2D eigenvalue weighted by atomic mass is 32.1. The summed E-state index contributed by atoms with van der Waals surface area (Å²) < 4.78 is 6.05. The van der Waals surface area contributed by atoms with Gasteiger partial charge in [-0.1, -0.05) is 58.3 Å². The topological polar surface area (TPSA) is 21.6 Å². The smallest absolute Gasteiger partial charge is 0.119 e. The largest absolute Gasteiger partial charge is 0.493 e. The number of isothiocyanates is 1. The summed E-state index contributed by atoms with van der Waals surface area (Å²) in [4.78, 5) is 3.99. The van der Waals surface area contributed by atoms with Gasteiger partial charge in [-0.25, -0.2) is 0 Å². The van der Waals surface area contributed by atoms with Gasteiger partial charge in [0, 0.05) is 0 Å². The van der Waals surface area contributed by atoms with Gasteiger partial charge in [-0.05, 0) is 98.7 Å². The van der Waals surface area contributed by atoms with E-state index < -0.39 is 0 Å². The first-order chi connectivity index (χ1) is 14.8. The quantitative estimate of drug-likeness (QED) is 0.200. The molecule has 0 amide bonds. The average Bonchev–Trinajstić information content (AvgIpc) is 2.79. The van der Waals surface area contributed by atoms with E-state index in [1.165, 1.54) is 89.9 Å². The minimum atomic E-state index is 0.722. The zero-order valence-corrected chi connectivity index (χ0v) is 19.8. The van der Waals surface area contributed by atoms with E-state index in [1.807, 2.05) is 24.3 Å². The Morgan fingerprint density at radius 2 is 1.43 bits per heavy atom. The predicted octanol–water partition coefficient (Wildman–Crippen LogP) is 8.77. The van der Waals surface area contributed by atoms with Crippen LogP contribution in [0.4, 0.5) is 5.69 Å². The van der Waals surface area contributed by atoms with E-state index in [0.29, 0.717) is 0 Å². The van der Waals surface area contributed by atoms with Gasteiger partial charge in [0.2, 0.25) is 0 Å². The number of aliphatic imine (C=N–C) groups is 1. The fraction of sp³-hybridized carbons (Fsp3) is 0.741. The third kappa shape index (κ3) is 7.82. The average molecular weight is 428 g/mol. The Bertz CT molecular complexity index is 635. The molecule has 0 N–H and O–H groups in total. The standard InChI is InChI=1S/C27H41NOS/c1-2-3-4-5-6-7-22-8-12-24(13-9-22)25-14-10-23(11-15-25)20-29-27-18-16-26(17-19-27)28-21-30/h16-19,22-25H,2-15,20H2,1H3. The van der Waals surface area contributed by atoms with Crippen LogP contribution < -0.4 is 4.74 Å². The van der Waals surface area contributed by atoms with Crippen molar-refractivity contribution in [1.82, 2.24) is 0 Å². The summed E-state index contributed by atoms with van der Waals surface area (Å²) in [7, 11) is 0. The van der Waals surface area contributed by atoms with E-state index >= 15 is 0 Å². The number of unbranched alkanes of at least 4 members (excludes halogenated alkanes) is 4. The first kappa shape index (κ1) is 23.5. The lowest BCUT2D eigenvalue weighted by Gasteiger charge is -2.38. The summed E-state index contributed by atoms with van der Waals surface area (Å²) in [6, 6.07) is 7.85. The van der Waals surface area contributed by atoms with Crippen molar-refractivity contribution < 1.29 is 4.74 Å². The molecule has 1 aromatic rings. The number of thiocarbonyl (C=S) groups is 1. The molecule has 0 saturated heterocycles. The fourth-order valence-electron chi connectivity index (χ4n) is 5.69. The summed E-state index contributed by atoms with van der Waals surface area (Å²) in [5.41, 5.74) is 0.837. The van der Waals surface area contributed by atoms with Crippen molar-refractivity contribution in [2.45, 2.75) is 96.8 Å². The molecule has 0 heterocycles. The van der Waals surface area contributed by atoms with Crippen molar-refractivity contribution in [3.8, 4) is 5.75 Å². The number of ether oxygens (including phenoxy) is 1. The SMILES string of the molecule is CCCCCCCC1CCC(C2CCC(COc3ccc(N=C=S)cc3)CC2)CC1. The fourth-order valence-corrected chi connectivity index (χ4v) is 5.80. The van der Waals surface area contributed by atoms with E-state index in [4.69, 9.17) is 4.74 Å². The molecule has 0 aliphatic heterocycles. The second-order valence-electron chi connectivity index (χ2n) is 9.77. The maximum atomic E-state index is 6.05. The Morgan fingerprint density at radius 3 is 2.03 bits per heavy atom. The maximum Gasteiger partial charge on any atom is 0.119 e. The van der Waals surface area contributed by atoms with E-state index in [-0.39, 0.29) is 0 Å². The zero-order chi connectivity index (χ0) is 21.0. The molecule has 3 rings (SSSR count). The number of benzene rings is 1. The predicted molar refractivity (Wildman–Crippen MR) is 131 cm³/mol. The number of hydrogen-bond donors (Lipinski definition) is 0. The normalized spacial score (nSPS) is 26.7. The van der Waals surface area contributed by atoms with Crippen molar-refractivity contribution in [3.63, 3.8) is 0 Å². The lowest BCUT2D eigenvalue weighted by molar-refractivity contribution is 0.121. The van der Waals surface area contributed by atoms with Crippen LogP contribution in [0.3, 0.4) is 0 Å². The Morgan fingerprint density at radius 1 is 0.833 bits per heavy atom. The molecule has 0 atom stereocenters. The van der Waals surface area contributed by atoms with Gasteiger partial charge < -0.3 is 4.74 Å². The first-order valence-corrected chi connectivity index (χ1v) is 13.0. The summed E-state index contributed by atoms with van der Waals surface area (Å²) >= 11 is 4.65. The Balaban J connectivity index is 1.29. The van der Waals surface area contributed by atoms with Crippen LogP contribution in [0.2, 0.25) is 0 Å². The monoisotopic (exact) mass is 427 g/mol. The minimum Gasteiger partial charge on any atom is -0.493 e. The Kier molecular flexibility index (Phi) is 10.4. The van der Waals surface area contributed by atoms with Gasteiger partial charge in [0.05, 0.1) is 17.5 Å². The summed E-state index contributed by atoms with van der Waals surface area (Å²) in [6.45, 7) is 3.16. The molecule has 0 radical (unpaired) electrons. The molecule has 0 bridgehead atoms. The van der Waals surface area contributed by atoms with Crippen LogP contribution in [0.1, 0.15) is 96.8 Å². The van der Waals surface area contributed by atoms with Crippen LogP contribution in [0.15, 0.2) is 29.3 Å². The lowest BCUT2D eigenvalue weighted by Crippen LogP contribution is -2.27. The third-order valence-electron chi connectivity index (χ3n) is 7.66. The van der Waals surface area contributed by atoms with Crippen LogP contribution in [0, 0.1) is 23.7 Å². The first-order valence-electron chi connectivity index (χ1n) is 12.6. The highest BCUT2D eigenvalue weighted by molar-refractivity contribution is 7.78. The number of rotatable bonds is 11. The zero-order valence-electron chi connectivity index (χ0n) is 19.0. The van der Waals surface area contributed by atoms with Crippen molar-refractivity contribution in [1.29, 1.82) is 0 Å². The molecular formula is C27H41NOS. The molecule has 2 nitrogen and oxygen atoms in total. The molecule has 1 aromatic carbocycles. The molecule has 0 spiro atoms. The van der Waals surface area contributed by atoms with Crippen LogP contribution >= 0.6 is 12.2 Å². The van der Waals surface area contributed by atoms with Gasteiger partial charge >= 0.3 is 0 Å². The van der Waals surface area contributed by atoms with E-state index in [0.717, 1.165) is 41.7 Å². The van der Waals surface area contributed by atoms with Gasteiger partial charge in [0.15, 0.2) is 0 Å². The van der Waals surface area contributed by atoms with Crippen LogP contribution in [0.25, 0.3) is 0 Å². The Labute approximate surface area is 189 Å². The van der Waals surface area contributed by atoms with Gasteiger partial charge in [-0.2, -0.15) is 4.99 Å². The molecule has 166 valence electrons. The molecule has 2 aliphatic carbocycles. The molecule has 2 fully saturated rings. The van der Waals surface area contributed by atoms with E-state index in [2.05, 4.69) is 29.3 Å². The lowest BCUT2D eigenvalue weighted by atomic mass is 9.69. The van der Waals surface area contributed by atoms with Gasteiger partial charge in [-0.15, -0.1) is 0 Å². The molecule has 2 aliphatic rings. The second kappa shape index (κ2) is 13.3. The van der Waals surface area contributed by atoms with Gasteiger partial charge in [0.25, 0.3) is 0 Å². The van der Waals surface area contributed by atoms with Crippen LogP contribution in [0.5, 0.6) is 5.75 Å². The van der Waals surface area contributed by atoms with Crippen molar-refractivity contribution in [2.24, 2.45) is 28.7 Å². The summed E-state index contributed by atoms with van der Waals surface area (Å²) in [5.74, 6) is 4.69. The molecule has 3 heteroatoms. The van der Waals surface area contributed by atoms with E-state index in [9.17, 15) is 0 Å².